The molecule has 0 radical (unpaired) electrons. The minimum absolute atomic E-state index is 0.867. The Morgan fingerprint density at radius 1 is 0.789 bits per heavy atom. The lowest BCUT2D eigenvalue weighted by atomic mass is 10.0. The van der Waals surface area contributed by atoms with Gasteiger partial charge in [-0.1, -0.05) is 37.5 Å². The van der Waals surface area contributed by atoms with Crippen LogP contribution in [0.4, 0.5) is 0 Å². The Morgan fingerprint density at radius 2 is 1.26 bits per heavy atom. The van der Waals surface area contributed by atoms with Crippen molar-refractivity contribution in [2.75, 3.05) is 0 Å². The van der Waals surface area contributed by atoms with E-state index in [0.29, 0.717) is 0 Å². The zero-order chi connectivity index (χ0) is 13.0. The normalized spacial score (nSPS) is 14.3. The maximum absolute atomic E-state index is 4.12. The van der Waals surface area contributed by atoms with Crippen LogP contribution < -0.4 is 21.4 Å². The molecule has 2 heteroatoms. The van der Waals surface area contributed by atoms with E-state index in [1.807, 2.05) is 0 Å². The number of hydrogen-bond donors (Lipinski definition) is 2. The van der Waals surface area contributed by atoms with Gasteiger partial charge in [0.15, 0.2) is 0 Å². The molecule has 2 N–H and O–H groups in total. The average molecular weight is 246 g/mol. The van der Waals surface area contributed by atoms with Crippen LogP contribution in [0.2, 0.25) is 0 Å². The van der Waals surface area contributed by atoms with E-state index in [1.165, 1.54) is 33.0 Å². The summed E-state index contributed by atoms with van der Waals surface area (Å²) < 4.78 is 0. The quantitative estimate of drug-likeness (QED) is 0.767. The van der Waals surface area contributed by atoms with E-state index in [0.717, 1.165) is 17.1 Å². The van der Waals surface area contributed by atoms with E-state index in [9.17, 15) is 0 Å². The van der Waals surface area contributed by atoms with Gasteiger partial charge in [-0.05, 0) is 23.3 Å². The van der Waals surface area contributed by atoms with Crippen molar-refractivity contribution in [3.05, 3.63) is 55.8 Å². The molecule has 2 heterocycles. The standard InChI is InChI=1S/C17H14N2/c1-10-14(12-5-3-7-16(12)18-10)9-15-11(2)19-17-8-4-6-13(15)17/h3-8,18-19H,1-2,9H2. The third-order valence-electron chi connectivity index (χ3n) is 3.94. The molecule has 19 heavy (non-hydrogen) atoms. The van der Waals surface area contributed by atoms with Crippen molar-refractivity contribution in [2.45, 2.75) is 6.42 Å². The molecule has 0 unspecified atom stereocenters. The van der Waals surface area contributed by atoms with E-state index >= 15 is 0 Å². The van der Waals surface area contributed by atoms with E-state index in [1.54, 1.807) is 0 Å². The van der Waals surface area contributed by atoms with Gasteiger partial charge in [0.2, 0.25) is 0 Å². The largest absolute Gasteiger partial charge is 0.355 e. The zero-order valence-corrected chi connectivity index (χ0v) is 10.6. The highest BCUT2D eigenvalue weighted by Crippen LogP contribution is 2.13. The Labute approximate surface area is 110 Å². The van der Waals surface area contributed by atoms with Gasteiger partial charge in [0.1, 0.15) is 0 Å². The lowest BCUT2D eigenvalue weighted by molar-refractivity contribution is 1.14. The van der Waals surface area contributed by atoms with Crippen LogP contribution in [0.3, 0.4) is 0 Å². The number of aromatic nitrogens is 2. The highest BCUT2D eigenvalue weighted by atomic mass is 14.7. The first-order valence-electron chi connectivity index (χ1n) is 6.40. The molecule has 4 rings (SSSR count). The third kappa shape index (κ3) is 1.37. The lowest BCUT2D eigenvalue weighted by Crippen LogP contribution is -2.13. The second kappa shape index (κ2) is 3.51. The van der Waals surface area contributed by atoms with Gasteiger partial charge in [-0.2, -0.15) is 0 Å². The Bertz CT molecular complexity index is 882. The van der Waals surface area contributed by atoms with Gasteiger partial charge in [-0.15, -0.1) is 0 Å². The molecule has 2 aliphatic carbocycles. The lowest BCUT2D eigenvalue weighted by Gasteiger charge is -2.01. The Balaban J connectivity index is 1.91. The van der Waals surface area contributed by atoms with Crippen molar-refractivity contribution < 1.29 is 0 Å². The fourth-order valence-corrected chi connectivity index (χ4v) is 2.97. The molecule has 0 amide bonds. The minimum atomic E-state index is 0.867. The van der Waals surface area contributed by atoms with Gasteiger partial charge >= 0.3 is 0 Å². The van der Waals surface area contributed by atoms with Gasteiger partial charge in [0.05, 0.1) is 0 Å². The molecule has 92 valence electrons. The summed E-state index contributed by atoms with van der Waals surface area (Å²) in [6, 6.07) is 0. The first kappa shape index (κ1) is 10.4. The number of allylic oxidation sites excluding steroid dienone is 2. The van der Waals surface area contributed by atoms with Crippen LogP contribution in [-0.2, 0) is 6.42 Å². The van der Waals surface area contributed by atoms with Gasteiger partial charge < -0.3 is 9.97 Å². The molecule has 0 saturated heterocycles. The predicted molar refractivity (Wildman–Crippen MR) is 80.9 cm³/mol. The maximum atomic E-state index is 4.12. The fraction of sp³-hybridized carbons (Fsp3) is 0.0588. The minimum Gasteiger partial charge on any atom is -0.355 e. The molecular weight excluding hydrogens is 232 g/mol. The summed E-state index contributed by atoms with van der Waals surface area (Å²) in [5.74, 6) is 0. The molecular formula is C17H14N2. The molecule has 0 aliphatic heterocycles. The zero-order valence-electron chi connectivity index (χ0n) is 10.6. The van der Waals surface area contributed by atoms with E-state index in [-0.39, 0.29) is 0 Å². The molecule has 0 aromatic carbocycles. The Hall–Kier alpha value is -2.48. The van der Waals surface area contributed by atoms with Crippen molar-refractivity contribution in [1.82, 2.24) is 9.97 Å². The highest BCUT2D eigenvalue weighted by molar-refractivity contribution is 5.71. The molecule has 2 aliphatic rings. The smallest absolute Gasteiger partial charge is 0.0461 e. The fourth-order valence-electron chi connectivity index (χ4n) is 2.97. The number of aromatic amines is 2. The summed E-state index contributed by atoms with van der Waals surface area (Å²) in [7, 11) is 0. The summed E-state index contributed by atoms with van der Waals surface area (Å²) in [6.45, 7) is 8.24. The Morgan fingerprint density at radius 3 is 1.74 bits per heavy atom. The third-order valence-corrected chi connectivity index (χ3v) is 3.94. The SMILES string of the molecule is C=c1[nH]c2c(c1Cc1c3c([nH]c1=C)=CC=C3)C=CC=2. The second-order valence-corrected chi connectivity index (χ2v) is 5.05. The van der Waals surface area contributed by atoms with Crippen LogP contribution in [0.15, 0.2) is 12.2 Å². The van der Waals surface area contributed by atoms with E-state index in [4.69, 9.17) is 0 Å². The number of fused-ring (bicyclic) bond motifs is 2. The molecule has 2 aromatic rings. The number of H-pyrrole nitrogens is 2. The van der Waals surface area contributed by atoms with Crippen molar-refractivity contribution in [2.24, 2.45) is 0 Å². The molecule has 0 spiro atoms. The van der Waals surface area contributed by atoms with Crippen LogP contribution in [-0.4, -0.2) is 9.97 Å². The number of rotatable bonds is 2. The molecule has 0 fully saturated rings. The van der Waals surface area contributed by atoms with Crippen molar-refractivity contribution in [3.63, 3.8) is 0 Å². The number of hydrogen-bond acceptors (Lipinski definition) is 0. The maximum Gasteiger partial charge on any atom is 0.0461 e. The van der Waals surface area contributed by atoms with E-state index < -0.39 is 0 Å². The van der Waals surface area contributed by atoms with Crippen LogP contribution >= 0.6 is 0 Å². The van der Waals surface area contributed by atoms with Crippen molar-refractivity contribution in [1.29, 1.82) is 0 Å². The highest BCUT2D eigenvalue weighted by Gasteiger charge is 2.14. The van der Waals surface area contributed by atoms with Crippen LogP contribution in [0.5, 0.6) is 0 Å². The molecule has 0 saturated carbocycles. The summed E-state index contributed by atoms with van der Waals surface area (Å²) in [6.07, 6.45) is 13.5. The molecule has 2 nitrogen and oxygen atoms in total. The molecule has 0 bridgehead atoms. The monoisotopic (exact) mass is 246 g/mol. The first-order chi connectivity index (χ1) is 9.24. The summed E-state index contributed by atoms with van der Waals surface area (Å²) in [5, 5.41) is 4.34. The Kier molecular flexibility index (Phi) is 1.93. The summed E-state index contributed by atoms with van der Waals surface area (Å²) in [5.41, 5.74) is 5.08. The molecule has 2 aromatic heterocycles. The average Bonchev–Trinajstić information content (AvgIpc) is 3.06. The van der Waals surface area contributed by atoms with Crippen LogP contribution in [0.25, 0.3) is 37.5 Å². The van der Waals surface area contributed by atoms with Gasteiger partial charge in [0, 0.05) is 38.9 Å². The van der Waals surface area contributed by atoms with Crippen LogP contribution in [0.1, 0.15) is 22.3 Å². The van der Waals surface area contributed by atoms with Gasteiger partial charge in [0.25, 0.3) is 0 Å². The summed E-state index contributed by atoms with van der Waals surface area (Å²) in [4.78, 5) is 6.68. The first-order valence-corrected chi connectivity index (χ1v) is 6.40. The second-order valence-electron chi connectivity index (χ2n) is 5.05. The number of nitrogens with one attached hydrogen (secondary N) is 2. The van der Waals surface area contributed by atoms with Gasteiger partial charge in [-0.25, -0.2) is 0 Å². The predicted octanol–water partition coefficient (Wildman–Crippen LogP) is 0.369. The van der Waals surface area contributed by atoms with Gasteiger partial charge in [-0.3, -0.25) is 0 Å². The summed E-state index contributed by atoms with van der Waals surface area (Å²) >= 11 is 0. The molecule has 0 atom stereocenters. The van der Waals surface area contributed by atoms with Crippen molar-refractivity contribution in [3.8, 4) is 0 Å². The van der Waals surface area contributed by atoms with Crippen molar-refractivity contribution >= 4 is 37.5 Å². The van der Waals surface area contributed by atoms with E-state index in [2.05, 4.69) is 59.6 Å². The topological polar surface area (TPSA) is 31.6 Å². The van der Waals surface area contributed by atoms with Crippen LogP contribution in [0, 0.1) is 0 Å².